The van der Waals surface area contributed by atoms with E-state index in [1.165, 1.54) is 6.07 Å². The summed E-state index contributed by atoms with van der Waals surface area (Å²) in [5.41, 5.74) is 2.13. The van der Waals surface area contributed by atoms with Crippen LogP contribution in [0.5, 0.6) is 5.75 Å². The van der Waals surface area contributed by atoms with Crippen molar-refractivity contribution >= 4 is 29.9 Å². The minimum atomic E-state index is -0.184. The molecule has 0 aliphatic carbocycles. The first kappa shape index (κ1) is 21.2. The summed E-state index contributed by atoms with van der Waals surface area (Å²) >= 11 is 0. The Bertz CT molecular complexity index is 679. The van der Waals surface area contributed by atoms with Gasteiger partial charge >= 0.3 is 0 Å². The molecule has 25 heavy (non-hydrogen) atoms. The molecule has 0 fully saturated rings. The lowest BCUT2D eigenvalue weighted by molar-refractivity contribution is 0.414. The molecule has 2 aromatic carbocycles. The van der Waals surface area contributed by atoms with E-state index in [9.17, 15) is 4.39 Å². The highest BCUT2D eigenvalue weighted by Crippen LogP contribution is 2.12. The second-order valence-electron chi connectivity index (χ2n) is 5.44. The normalized spacial score (nSPS) is 10.8. The van der Waals surface area contributed by atoms with Gasteiger partial charge in [0.15, 0.2) is 5.96 Å². The van der Waals surface area contributed by atoms with Crippen LogP contribution in [-0.2, 0) is 13.0 Å². The molecule has 0 aliphatic rings. The summed E-state index contributed by atoms with van der Waals surface area (Å²) in [6.45, 7) is 1.44. The third kappa shape index (κ3) is 7.72. The van der Waals surface area contributed by atoms with Crippen molar-refractivity contribution in [2.75, 3.05) is 20.7 Å². The number of methoxy groups -OCH3 is 1. The molecule has 2 N–H and O–H groups in total. The number of benzene rings is 2. The van der Waals surface area contributed by atoms with Gasteiger partial charge in [-0.1, -0.05) is 24.3 Å². The van der Waals surface area contributed by atoms with Gasteiger partial charge in [0, 0.05) is 20.1 Å². The smallest absolute Gasteiger partial charge is 0.191 e. The molecule has 0 amide bonds. The van der Waals surface area contributed by atoms with Crippen LogP contribution in [0.1, 0.15) is 17.5 Å². The fraction of sp³-hybridized carbons (Fsp3) is 0.316. The predicted molar refractivity (Wildman–Crippen MR) is 111 cm³/mol. The Labute approximate surface area is 165 Å². The molecule has 0 unspecified atom stereocenters. The maximum absolute atomic E-state index is 13.1. The molecule has 136 valence electrons. The lowest BCUT2D eigenvalue weighted by atomic mass is 10.1. The highest BCUT2D eigenvalue weighted by molar-refractivity contribution is 14.0. The van der Waals surface area contributed by atoms with Crippen molar-refractivity contribution in [1.82, 2.24) is 10.6 Å². The van der Waals surface area contributed by atoms with E-state index in [4.69, 9.17) is 4.74 Å². The largest absolute Gasteiger partial charge is 0.497 e. The van der Waals surface area contributed by atoms with Crippen molar-refractivity contribution in [2.24, 2.45) is 4.99 Å². The van der Waals surface area contributed by atoms with Gasteiger partial charge in [0.2, 0.25) is 0 Å². The van der Waals surface area contributed by atoms with Gasteiger partial charge in [-0.2, -0.15) is 0 Å². The maximum Gasteiger partial charge on any atom is 0.191 e. The van der Waals surface area contributed by atoms with E-state index in [0.29, 0.717) is 6.54 Å². The highest BCUT2D eigenvalue weighted by Gasteiger charge is 2.00. The van der Waals surface area contributed by atoms with Crippen LogP contribution >= 0.6 is 24.0 Å². The summed E-state index contributed by atoms with van der Waals surface area (Å²) in [5, 5.41) is 6.54. The standard InChI is InChI=1S/C19H24FN3O.HI/c1-21-19(23-14-16-7-4-10-18(13-16)24-2)22-11-5-8-15-6-3-9-17(20)12-15;/h3-4,6-7,9-10,12-13H,5,8,11,14H2,1-2H3,(H2,21,22,23);1H. The number of ether oxygens (including phenoxy) is 1. The molecular formula is C19H25FIN3O. The second kappa shape index (κ2) is 11.7. The number of hydrogen-bond donors (Lipinski definition) is 2. The van der Waals surface area contributed by atoms with Crippen LogP contribution in [0.25, 0.3) is 0 Å². The first-order valence-electron chi connectivity index (χ1n) is 8.03. The molecule has 0 bridgehead atoms. The average molecular weight is 457 g/mol. The number of nitrogens with zero attached hydrogens (tertiary/aromatic N) is 1. The summed E-state index contributed by atoms with van der Waals surface area (Å²) in [4.78, 5) is 4.21. The van der Waals surface area contributed by atoms with Crippen LogP contribution in [0.3, 0.4) is 0 Å². The maximum atomic E-state index is 13.1. The summed E-state index contributed by atoms with van der Waals surface area (Å²) < 4.78 is 18.3. The molecule has 0 aliphatic heterocycles. The number of guanidine groups is 1. The number of rotatable bonds is 7. The van der Waals surface area contributed by atoms with Crippen molar-refractivity contribution in [3.63, 3.8) is 0 Å². The summed E-state index contributed by atoms with van der Waals surface area (Å²) in [7, 11) is 3.40. The predicted octanol–water partition coefficient (Wildman–Crippen LogP) is 3.75. The zero-order valence-electron chi connectivity index (χ0n) is 14.6. The molecule has 0 heterocycles. The zero-order valence-corrected chi connectivity index (χ0v) is 16.9. The Morgan fingerprint density at radius 2 is 1.84 bits per heavy atom. The van der Waals surface area contributed by atoms with Gasteiger partial charge in [-0.3, -0.25) is 4.99 Å². The minimum absolute atomic E-state index is 0. The third-order valence-electron chi connectivity index (χ3n) is 3.64. The quantitative estimate of drug-likeness (QED) is 0.288. The van der Waals surface area contributed by atoms with Gasteiger partial charge < -0.3 is 15.4 Å². The third-order valence-corrected chi connectivity index (χ3v) is 3.64. The van der Waals surface area contributed by atoms with Crippen molar-refractivity contribution in [2.45, 2.75) is 19.4 Å². The van der Waals surface area contributed by atoms with E-state index in [1.54, 1.807) is 26.3 Å². The van der Waals surface area contributed by atoms with Gasteiger partial charge in [-0.05, 0) is 48.2 Å². The molecule has 0 saturated carbocycles. The van der Waals surface area contributed by atoms with Crippen molar-refractivity contribution < 1.29 is 9.13 Å². The lowest BCUT2D eigenvalue weighted by Gasteiger charge is -2.12. The van der Waals surface area contributed by atoms with Gasteiger partial charge in [-0.25, -0.2) is 4.39 Å². The minimum Gasteiger partial charge on any atom is -0.497 e. The van der Waals surface area contributed by atoms with Crippen molar-refractivity contribution in [1.29, 1.82) is 0 Å². The zero-order chi connectivity index (χ0) is 17.2. The molecule has 2 rings (SSSR count). The Hall–Kier alpha value is -1.83. The number of aliphatic imine (C=N–C) groups is 1. The van der Waals surface area contributed by atoms with Crippen molar-refractivity contribution in [3.8, 4) is 5.75 Å². The van der Waals surface area contributed by atoms with E-state index in [2.05, 4.69) is 15.6 Å². The summed E-state index contributed by atoms with van der Waals surface area (Å²) in [5.74, 6) is 1.40. The molecule has 0 radical (unpaired) electrons. The van der Waals surface area contributed by atoms with Crippen LogP contribution < -0.4 is 15.4 Å². The molecule has 6 heteroatoms. The Kier molecular flexibility index (Phi) is 9.91. The van der Waals surface area contributed by atoms with Crippen LogP contribution in [0.4, 0.5) is 4.39 Å². The number of halogens is 2. The first-order chi connectivity index (χ1) is 11.7. The molecule has 0 spiro atoms. The van der Waals surface area contributed by atoms with Crippen molar-refractivity contribution in [3.05, 3.63) is 65.5 Å². The monoisotopic (exact) mass is 457 g/mol. The average Bonchev–Trinajstić information content (AvgIpc) is 2.61. The molecule has 0 aromatic heterocycles. The van der Waals surface area contributed by atoms with Gasteiger partial charge in [0.25, 0.3) is 0 Å². The van der Waals surface area contributed by atoms with Crippen LogP contribution in [0.15, 0.2) is 53.5 Å². The highest BCUT2D eigenvalue weighted by atomic mass is 127. The fourth-order valence-electron chi connectivity index (χ4n) is 2.38. The number of nitrogens with one attached hydrogen (secondary N) is 2. The summed E-state index contributed by atoms with van der Waals surface area (Å²) in [6, 6.07) is 14.6. The lowest BCUT2D eigenvalue weighted by Crippen LogP contribution is -2.37. The van der Waals surface area contributed by atoms with Crippen LogP contribution in [0, 0.1) is 5.82 Å². The molecule has 4 nitrogen and oxygen atoms in total. The molecule has 0 saturated heterocycles. The van der Waals surface area contributed by atoms with E-state index in [1.807, 2.05) is 30.3 Å². The molecule has 2 aromatic rings. The van der Waals surface area contributed by atoms with Gasteiger partial charge in [-0.15, -0.1) is 24.0 Å². The Morgan fingerprint density at radius 1 is 1.08 bits per heavy atom. The van der Waals surface area contributed by atoms with Gasteiger partial charge in [0.1, 0.15) is 11.6 Å². The topological polar surface area (TPSA) is 45.7 Å². The van der Waals surface area contributed by atoms with E-state index >= 15 is 0 Å². The second-order valence-corrected chi connectivity index (χ2v) is 5.44. The Morgan fingerprint density at radius 3 is 2.56 bits per heavy atom. The molecular weight excluding hydrogens is 432 g/mol. The number of aryl methyl sites for hydroxylation is 1. The van der Waals surface area contributed by atoms with Gasteiger partial charge in [0.05, 0.1) is 7.11 Å². The number of hydrogen-bond acceptors (Lipinski definition) is 2. The SMILES string of the molecule is CN=C(NCCCc1cccc(F)c1)NCc1cccc(OC)c1.I. The summed E-state index contributed by atoms with van der Waals surface area (Å²) in [6.07, 6.45) is 1.74. The van der Waals surface area contributed by atoms with Crippen LogP contribution in [-0.4, -0.2) is 26.7 Å². The van der Waals surface area contributed by atoms with E-state index < -0.39 is 0 Å². The Balaban J connectivity index is 0.00000312. The fourth-order valence-corrected chi connectivity index (χ4v) is 2.38. The van der Waals surface area contributed by atoms with E-state index in [-0.39, 0.29) is 29.8 Å². The van der Waals surface area contributed by atoms with Crippen LogP contribution in [0.2, 0.25) is 0 Å². The van der Waals surface area contributed by atoms with E-state index in [0.717, 1.165) is 42.2 Å². The first-order valence-corrected chi connectivity index (χ1v) is 8.03. The molecule has 0 atom stereocenters.